The number of nitrogens with zero attached hydrogens (tertiary/aromatic N) is 1. The van der Waals surface area contributed by atoms with Crippen LogP contribution in [0, 0.1) is 0 Å². The Morgan fingerprint density at radius 1 is 1.53 bits per heavy atom. The monoisotopic (exact) mass is 205 g/mol. The highest BCUT2D eigenvalue weighted by molar-refractivity contribution is 5.55. The van der Waals surface area contributed by atoms with Crippen molar-refractivity contribution in [1.29, 1.82) is 0 Å². The van der Waals surface area contributed by atoms with Crippen molar-refractivity contribution in [1.82, 2.24) is 10.1 Å². The summed E-state index contributed by atoms with van der Waals surface area (Å²) in [6, 6.07) is 7.44. The third-order valence-corrected chi connectivity index (χ3v) is 2.13. The SMILES string of the molecule is CC(N)c1cccc(-c2noc(=O)[nH]2)c1. The fraction of sp³-hybridized carbons (Fsp3) is 0.200. The van der Waals surface area contributed by atoms with Crippen LogP contribution in [0.1, 0.15) is 18.5 Å². The van der Waals surface area contributed by atoms with Gasteiger partial charge in [-0.25, -0.2) is 4.79 Å². The van der Waals surface area contributed by atoms with Gasteiger partial charge in [-0.2, -0.15) is 0 Å². The van der Waals surface area contributed by atoms with Crippen molar-refractivity contribution in [3.8, 4) is 11.4 Å². The van der Waals surface area contributed by atoms with Gasteiger partial charge in [-0.3, -0.25) is 9.51 Å². The van der Waals surface area contributed by atoms with Crippen molar-refractivity contribution in [2.75, 3.05) is 0 Å². The van der Waals surface area contributed by atoms with Gasteiger partial charge in [-0.1, -0.05) is 23.4 Å². The molecule has 2 rings (SSSR count). The normalized spacial score (nSPS) is 12.7. The summed E-state index contributed by atoms with van der Waals surface area (Å²) in [7, 11) is 0. The Balaban J connectivity index is 2.45. The summed E-state index contributed by atoms with van der Waals surface area (Å²) in [4.78, 5) is 13.3. The van der Waals surface area contributed by atoms with E-state index in [1.165, 1.54) is 0 Å². The zero-order valence-electron chi connectivity index (χ0n) is 8.23. The van der Waals surface area contributed by atoms with Crippen LogP contribution >= 0.6 is 0 Å². The third kappa shape index (κ3) is 1.97. The Morgan fingerprint density at radius 3 is 2.93 bits per heavy atom. The molecule has 0 bridgehead atoms. The van der Waals surface area contributed by atoms with Crippen molar-refractivity contribution < 1.29 is 4.52 Å². The summed E-state index contributed by atoms with van der Waals surface area (Å²) in [5, 5.41) is 3.60. The van der Waals surface area contributed by atoms with Gasteiger partial charge in [-0.05, 0) is 18.6 Å². The first-order valence-corrected chi connectivity index (χ1v) is 4.59. The summed E-state index contributed by atoms with van der Waals surface area (Å²) < 4.78 is 4.43. The number of nitrogens with two attached hydrogens (primary N) is 1. The van der Waals surface area contributed by atoms with Gasteiger partial charge in [0, 0.05) is 11.6 Å². The predicted octanol–water partition coefficient (Wildman–Crippen LogP) is 1.05. The molecular formula is C10H11N3O2. The average Bonchev–Trinajstić information content (AvgIpc) is 2.65. The number of aromatic amines is 1. The van der Waals surface area contributed by atoms with Crippen LogP contribution in [0.5, 0.6) is 0 Å². The average molecular weight is 205 g/mol. The molecule has 0 spiro atoms. The largest absolute Gasteiger partial charge is 0.439 e. The number of benzene rings is 1. The second kappa shape index (κ2) is 3.70. The molecule has 0 fully saturated rings. The van der Waals surface area contributed by atoms with Gasteiger partial charge in [0.25, 0.3) is 0 Å². The first-order chi connectivity index (χ1) is 7.16. The van der Waals surface area contributed by atoms with E-state index in [0.717, 1.165) is 11.1 Å². The third-order valence-electron chi connectivity index (χ3n) is 2.13. The maximum atomic E-state index is 10.8. The fourth-order valence-electron chi connectivity index (χ4n) is 1.32. The van der Waals surface area contributed by atoms with E-state index in [0.29, 0.717) is 5.82 Å². The van der Waals surface area contributed by atoms with Crippen molar-refractivity contribution in [3.63, 3.8) is 0 Å². The summed E-state index contributed by atoms with van der Waals surface area (Å²) in [6.45, 7) is 1.89. The van der Waals surface area contributed by atoms with E-state index in [2.05, 4.69) is 14.7 Å². The van der Waals surface area contributed by atoms with Crippen LogP contribution < -0.4 is 11.5 Å². The summed E-state index contributed by atoms with van der Waals surface area (Å²) in [5.41, 5.74) is 7.52. The van der Waals surface area contributed by atoms with Crippen LogP contribution in [-0.4, -0.2) is 10.1 Å². The molecule has 1 aromatic carbocycles. The van der Waals surface area contributed by atoms with Crippen LogP contribution in [0.25, 0.3) is 11.4 Å². The van der Waals surface area contributed by atoms with Crippen LogP contribution in [0.2, 0.25) is 0 Å². The fourth-order valence-corrected chi connectivity index (χ4v) is 1.32. The lowest BCUT2D eigenvalue weighted by Crippen LogP contribution is -2.04. The first-order valence-electron chi connectivity index (χ1n) is 4.59. The van der Waals surface area contributed by atoms with E-state index in [9.17, 15) is 4.79 Å². The molecular weight excluding hydrogens is 194 g/mol. The van der Waals surface area contributed by atoms with E-state index in [-0.39, 0.29) is 6.04 Å². The Hall–Kier alpha value is -1.88. The lowest BCUT2D eigenvalue weighted by Gasteiger charge is -2.05. The molecule has 0 aliphatic carbocycles. The van der Waals surface area contributed by atoms with E-state index >= 15 is 0 Å². The van der Waals surface area contributed by atoms with E-state index in [1.54, 1.807) is 0 Å². The molecule has 2 aromatic rings. The number of nitrogens with one attached hydrogen (secondary N) is 1. The van der Waals surface area contributed by atoms with Crippen LogP contribution in [0.3, 0.4) is 0 Å². The second-order valence-electron chi connectivity index (χ2n) is 3.36. The van der Waals surface area contributed by atoms with Crippen molar-refractivity contribution in [2.24, 2.45) is 5.73 Å². The molecule has 0 saturated carbocycles. The minimum Gasteiger partial charge on any atom is -0.324 e. The van der Waals surface area contributed by atoms with Crippen molar-refractivity contribution in [2.45, 2.75) is 13.0 Å². The lowest BCUT2D eigenvalue weighted by molar-refractivity contribution is 0.388. The van der Waals surface area contributed by atoms with Crippen LogP contribution in [0.4, 0.5) is 0 Å². The quantitative estimate of drug-likeness (QED) is 0.767. The molecule has 3 N–H and O–H groups in total. The summed E-state index contributed by atoms with van der Waals surface area (Å²) >= 11 is 0. The molecule has 1 unspecified atom stereocenters. The number of hydrogen-bond acceptors (Lipinski definition) is 4. The van der Waals surface area contributed by atoms with E-state index in [1.807, 2.05) is 31.2 Å². The topological polar surface area (TPSA) is 84.9 Å². The molecule has 0 amide bonds. The molecule has 0 saturated heterocycles. The standard InChI is InChI=1S/C10H11N3O2/c1-6(11)7-3-2-4-8(5-7)9-12-10(14)15-13-9/h2-6H,11H2,1H3,(H,12,13,14). The van der Waals surface area contributed by atoms with Gasteiger partial charge >= 0.3 is 5.76 Å². The van der Waals surface area contributed by atoms with Crippen molar-refractivity contribution >= 4 is 0 Å². The number of aromatic nitrogens is 2. The van der Waals surface area contributed by atoms with Gasteiger partial charge in [0.15, 0.2) is 5.82 Å². The molecule has 78 valence electrons. The van der Waals surface area contributed by atoms with Gasteiger partial charge in [0.05, 0.1) is 0 Å². The van der Waals surface area contributed by atoms with Gasteiger partial charge in [0.1, 0.15) is 0 Å². The highest BCUT2D eigenvalue weighted by Crippen LogP contribution is 2.18. The highest BCUT2D eigenvalue weighted by Gasteiger charge is 2.06. The molecule has 1 heterocycles. The van der Waals surface area contributed by atoms with Gasteiger partial charge < -0.3 is 5.73 Å². The van der Waals surface area contributed by atoms with Crippen LogP contribution in [-0.2, 0) is 0 Å². The Morgan fingerprint density at radius 2 is 2.33 bits per heavy atom. The first kappa shape index (κ1) is 9.67. The maximum Gasteiger partial charge on any atom is 0.439 e. The van der Waals surface area contributed by atoms with Gasteiger partial charge in [0.2, 0.25) is 0 Å². The Labute approximate surface area is 85.9 Å². The molecule has 15 heavy (non-hydrogen) atoms. The second-order valence-corrected chi connectivity index (χ2v) is 3.36. The summed E-state index contributed by atoms with van der Waals surface area (Å²) in [5.74, 6) is -0.140. The summed E-state index contributed by atoms with van der Waals surface area (Å²) in [6.07, 6.45) is 0. The minimum absolute atomic E-state index is 0.0522. The van der Waals surface area contributed by atoms with Crippen LogP contribution in [0.15, 0.2) is 33.6 Å². The van der Waals surface area contributed by atoms with Crippen molar-refractivity contribution in [3.05, 3.63) is 40.4 Å². The van der Waals surface area contributed by atoms with E-state index in [4.69, 9.17) is 5.73 Å². The maximum absolute atomic E-state index is 10.8. The molecule has 5 nitrogen and oxygen atoms in total. The van der Waals surface area contributed by atoms with Gasteiger partial charge in [-0.15, -0.1) is 0 Å². The molecule has 0 aliphatic rings. The molecule has 0 radical (unpaired) electrons. The minimum atomic E-state index is -0.559. The van der Waals surface area contributed by atoms with E-state index < -0.39 is 5.76 Å². The molecule has 1 atom stereocenters. The predicted molar refractivity (Wildman–Crippen MR) is 55.2 cm³/mol. The number of rotatable bonds is 2. The number of H-pyrrole nitrogens is 1. The highest BCUT2D eigenvalue weighted by atomic mass is 16.5. The molecule has 5 heteroatoms. The Bertz CT molecular complexity index is 513. The number of hydrogen-bond donors (Lipinski definition) is 2. The zero-order chi connectivity index (χ0) is 10.8. The molecule has 0 aliphatic heterocycles. The smallest absolute Gasteiger partial charge is 0.324 e. The lowest BCUT2D eigenvalue weighted by atomic mass is 10.1. The molecule has 1 aromatic heterocycles. The Kier molecular flexibility index (Phi) is 2.39. The zero-order valence-corrected chi connectivity index (χ0v) is 8.23.